The minimum Gasteiger partial charge on any atom is -0.0844 e. The summed E-state index contributed by atoms with van der Waals surface area (Å²) in [6, 6.07) is 12.0. The third-order valence-electron chi connectivity index (χ3n) is 5.45. The van der Waals surface area contributed by atoms with Crippen LogP contribution in [0.4, 0.5) is 0 Å². The van der Waals surface area contributed by atoms with Crippen LogP contribution in [0.1, 0.15) is 122 Å². The predicted molar refractivity (Wildman–Crippen MR) is 142 cm³/mol. The number of rotatable bonds is 0. The summed E-state index contributed by atoms with van der Waals surface area (Å²) in [4.78, 5) is 0. The molecule has 31 heavy (non-hydrogen) atoms. The lowest BCUT2D eigenvalue weighted by Gasteiger charge is -2.05. The number of hydrogen-bond acceptors (Lipinski definition) is 0. The molecule has 0 N–H and O–H groups in total. The standard InChI is InChI=1S/C6H12.C6H6.C5H10.C4H8.C4H4.C3H6.C3H4/c2*1-2-4-6-5-3-1;1-2-4-5-3-1;2*1-2-4-3-1;2*1-2-3-1/h1-6H2;1-6H;1-5H2;1-4H2;1-4H;1-3H2;1-2H,3H2. The largest absolute Gasteiger partial charge is 0.0844 e. The van der Waals surface area contributed by atoms with Gasteiger partial charge in [0, 0.05) is 0 Å². The van der Waals surface area contributed by atoms with Gasteiger partial charge in [-0.2, -0.15) is 0 Å². The van der Waals surface area contributed by atoms with E-state index in [2.05, 4.69) is 12.2 Å². The maximum absolute atomic E-state index is 2.12. The molecule has 0 amide bonds. The Hall–Kier alpha value is -1.56. The highest BCUT2D eigenvalue weighted by Crippen LogP contribution is 2.16. The van der Waals surface area contributed by atoms with Gasteiger partial charge in [-0.25, -0.2) is 0 Å². The third kappa shape index (κ3) is 30.7. The highest BCUT2D eigenvalue weighted by Gasteiger charge is 1.96. The fraction of sp³-hybridized carbons (Fsp3) is 0.613. The van der Waals surface area contributed by atoms with Crippen LogP contribution < -0.4 is 0 Å². The van der Waals surface area contributed by atoms with E-state index < -0.39 is 0 Å². The molecule has 0 bridgehead atoms. The quantitative estimate of drug-likeness (QED) is 0.365. The molecule has 4 saturated carbocycles. The van der Waals surface area contributed by atoms with E-state index in [0.717, 1.165) is 0 Å². The van der Waals surface area contributed by atoms with E-state index in [4.69, 9.17) is 0 Å². The summed E-state index contributed by atoms with van der Waals surface area (Å²) in [6.07, 6.45) is 40.5. The van der Waals surface area contributed by atoms with Crippen LogP contribution in [-0.4, -0.2) is 0 Å². The van der Waals surface area contributed by atoms with Crippen molar-refractivity contribution >= 4 is 0 Å². The fourth-order valence-corrected chi connectivity index (χ4v) is 2.69. The van der Waals surface area contributed by atoms with Crippen molar-refractivity contribution in [1.82, 2.24) is 0 Å². The van der Waals surface area contributed by atoms with E-state index in [-0.39, 0.29) is 0 Å². The molecule has 0 aromatic heterocycles. The minimum absolute atomic E-state index is 1.25. The minimum atomic E-state index is 1.25. The Kier molecular flexibility index (Phi) is 21.9. The first-order valence-electron chi connectivity index (χ1n) is 13.5. The third-order valence-corrected chi connectivity index (χ3v) is 5.45. The monoisotopic (exact) mass is 422 g/mol. The van der Waals surface area contributed by atoms with Crippen LogP contribution in [0.5, 0.6) is 0 Å². The Morgan fingerprint density at radius 2 is 0.355 bits per heavy atom. The zero-order chi connectivity index (χ0) is 21.9. The Bertz CT molecular complexity index is 434. The molecule has 0 saturated heterocycles. The van der Waals surface area contributed by atoms with Crippen LogP contribution in [0.3, 0.4) is 0 Å². The van der Waals surface area contributed by atoms with Gasteiger partial charge in [0.15, 0.2) is 0 Å². The van der Waals surface area contributed by atoms with Gasteiger partial charge in [0.25, 0.3) is 0 Å². The zero-order valence-corrected chi connectivity index (χ0v) is 20.4. The van der Waals surface area contributed by atoms with Gasteiger partial charge in [-0.15, -0.1) is 0 Å². The molecule has 4 fully saturated rings. The van der Waals surface area contributed by atoms with Crippen molar-refractivity contribution in [2.24, 2.45) is 0 Å². The second-order valence-corrected chi connectivity index (χ2v) is 9.00. The summed E-state index contributed by atoms with van der Waals surface area (Å²) in [5, 5.41) is 0. The van der Waals surface area contributed by atoms with Crippen molar-refractivity contribution in [3.05, 3.63) is 72.9 Å². The Morgan fingerprint density at radius 3 is 0.419 bits per heavy atom. The van der Waals surface area contributed by atoms with Crippen LogP contribution in [0.2, 0.25) is 0 Å². The van der Waals surface area contributed by atoms with Crippen LogP contribution in [0, 0.1) is 0 Å². The lowest BCUT2D eigenvalue weighted by Crippen LogP contribution is -1.85. The van der Waals surface area contributed by atoms with Crippen LogP contribution in [0.25, 0.3) is 0 Å². The van der Waals surface area contributed by atoms with Crippen molar-refractivity contribution in [3.63, 3.8) is 0 Å². The Morgan fingerprint density at radius 1 is 0.226 bits per heavy atom. The molecule has 1 aromatic rings. The second-order valence-electron chi connectivity index (χ2n) is 9.00. The van der Waals surface area contributed by atoms with Gasteiger partial charge in [0.05, 0.1) is 0 Å². The SMILES string of the molecule is C1=CC1.C1=CC=C1.C1CC1.C1CCC1.C1CCCC1.C1CCCCC1.c1ccccc1. The predicted octanol–water partition coefficient (Wildman–Crippen LogP) is 10.8. The van der Waals surface area contributed by atoms with Gasteiger partial charge in [0.1, 0.15) is 0 Å². The van der Waals surface area contributed by atoms with Crippen LogP contribution in [0.15, 0.2) is 72.9 Å². The molecule has 7 rings (SSSR count). The van der Waals surface area contributed by atoms with Gasteiger partial charge in [-0.3, -0.25) is 0 Å². The van der Waals surface area contributed by atoms with Crippen molar-refractivity contribution in [2.45, 2.75) is 122 Å². The van der Waals surface area contributed by atoms with Crippen molar-refractivity contribution in [3.8, 4) is 0 Å². The highest BCUT2D eigenvalue weighted by atomic mass is 14.0. The first-order valence-corrected chi connectivity index (χ1v) is 13.5. The summed E-state index contributed by atoms with van der Waals surface area (Å²) in [5.41, 5.74) is 0. The van der Waals surface area contributed by atoms with Crippen molar-refractivity contribution in [2.75, 3.05) is 0 Å². The topological polar surface area (TPSA) is 0 Å². The molecule has 0 atom stereocenters. The molecule has 0 radical (unpaired) electrons. The summed E-state index contributed by atoms with van der Waals surface area (Å²) in [6.45, 7) is 0. The van der Waals surface area contributed by atoms with Gasteiger partial charge < -0.3 is 0 Å². The summed E-state index contributed by atoms with van der Waals surface area (Å²) < 4.78 is 0. The van der Waals surface area contributed by atoms with Gasteiger partial charge in [-0.1, -0.05) is 188 Å². The summed E-state index contributed by atoms with van der Waals surface area (Å²) in [5.74, 6) is 0. The average Bonchev–Trinajstić information content (AvgIpc) is 3.69. The van der Waals surface area contributed by atoms with Crippen LogP contribution >= 0.6 is 0 Å². The van der Waals surface area contributed by atoms with Gasteiger partial charge in [0.2, 0.25) is 0 Å². The zero-order valence-electron chi connectivity index (χ0n) is 20.4. The van der Waals surface area contributed by atoms with E-state index in [0.29, 0.717) is 0 Å². The molecule has 0 heteroatoms. The Labute approximate surface area is 194 Å². The lowest BCUT2D eigenvalue weighted by molar-refractivity contribution is 0.504. The maximum atomic E-state index is 2.12. The average molecular weight is 423 g/mol. The molecule has 0 unspecified atom stereocenters. The summed E-state index contributed by atoms with van der Waals surface area (Å²) >= 11 is 0. The normalized spacial score (nSPS) is 19.4. The second kappa shape index (κ2) is 24.7. The molecule has 0 aliphatic heterocycles. The molecule has 0 heterocycles. The number of hydrogen-bond donors (Lipinski definition) is 0. The van der Waals surface area contributed by atoms with E-state index in [1.54, 1.807) is 0 Å². The number of allylic oxidation sites excluding steroid dienone is 6. The van der Waals surface area contributed by atoms with Crippen molar-refractivity contribution < 1.29 is 0 Å². The first kappa shape index (κ1) is 27.5. The van der Waals surface area contributed by atoms with Crippen LogP contribution in [-0.2, 0) is 0 Å². The number of benzene rings is 1. The molecule has 0 nitrogen and oxygen atoms in total. The van der Waals surface area contributed by atoms with Crippen molar-refractivity contribution in [1.29, 1.82) is 0 Å². The smallest absolute Gasteiger partial charge is 0.0169 e. The Balaban J connectivity index is 0.000000183. The molecular formula is C31H50. The first-order chi connectivity index (χ1) is 15.5. The maximum Gasteiger partial charge on any atom is -0.0169 e. The van der Waals surface area contributed by atoms with E-state index >= 15 is 0 Å². The molecule has 174 valence electrons. The lowest BCUT2D eigenvalue weighted by atomic mass is 10.0. The molecule has 6 aliphatic rings. The molecular weight excluding hydrogens is 372 g/mol. The highest BCUT2D eigenvalue weighted by molar-refractivity contribution is 5.22. The molecule has 0 spiro atoms. The molecule has 1 aromatic carbocycles. The summed E-state index contributed by atoms with van der Waals surface area (Å²) in [7, 11) is 0. The van der Waals surface area contributed by atoms with E-state index in [1.165, 1.54) is 122 Å². The molecule has 6 aliphatic carbocycles. The van der Waals surface area contributed by atoms with Gasteiger partial charge >= 0.3 is 0 Å². The van der Waals surface area contributed by atoms with Gasteiger partial charge in [-0.05, 0) is 6.42 Å². The van der Waals surface area contributed by atoms with E-state index in [1.807, 2.05) is 60.7 Å². The van der Waals surface area contributed by atoms with E-state index in [9.17, 15) is 0 Å². The fourth-order valence-electron chi connectivity index (χ4n) is 2.69.